The third kappa shape index (κ3) is 40.7. The number of aliphatic carboxylic acids is 4. The Kier molecular flexibility index (Phi) is 48.9. The summed E-state index contributed by atoms with van der Waals surface area (Å²) in [5.41, 5.74) is 0.469. The van der Waals surface area contributed by atoms with Crippen molar-refractivity contribution in [3.05, 3.63) is 22.3 Å². The first kappa shape index (κ1) is 59.5. The molecule has 57 heavy (non-hydrogen) atoms. The van der Waals surface area contributed by atoms with Crippen LogP contribution in [-0.4, -0.2) is 65.4 Å². The fourth-order valence-electron chi connectivity index (χ4n) is 6.60. The molecule has 0 aromatic carbocycles. The van der Waals surface area contributed by atoms with Crippen molar-refractivity contribution >= 4 is 45.0 Å². The summed E-state index contributed by atoms with van der Waals surface area (Å²) < 4.78 is 3.25. The van der Waals surface area contributed by atoms with Crippen molar-refractivity contribution in [2.45, 2.75) is 256 Å². The summed E-state index contributed by atoms with van der Waals surface area (Å²) in [5, 5.41) is 37.5. The molecular formula is C48H90O8Sn. The summed E-state index contributed by atoms with van der Waals surface area (Å²) in [6.45, 7) is 13.2. The Bertz CT molecular complexity index is 883. The number of hydrogen-bond donors (Lipinski definition) is 4. The van der Waals surface area contributed by atoms with Gasteiger partial charge in [-0.2, -0.15) is 0 Å². The second-order valence-corrected chi connectivity index (χ2v) is 19.9. The SMILES string of the molecule is CCCCCCCC/C(C(=O)O)=C(\CCCCCCCC)C(=O)O.CCCCCCCC/C(C(=O)O)=C(\CCCCCCCC)C(=O)O.CCC[CH2][Sn][CH2]CCC. The van der Waals surface area contributed by atoms with Crippen LogP contribution in [0.2, 0.25) is 8.87 Å². The van der Waals surface area contributed by atoms with E-state index in [-0.39, 0.29) is 43.4 Å². The quantitative estimate of drug-likeness (QED) is 0.0272. The predicted molar refractivity (Wildman–Crippen MR) is 242 cm³/mol. The van der Waals surface area contributed by atoms with Crippen LogP contribution in [0.4, 0.5) is 0 Å². The minimum absolute atomic E-state index is 0.117. The molecule has 334 valence electrons. The van der Waals surface area contributed by atoms with Crippen LogP contribution in [0.15, 0.2) is 22.3 Å². The van der Waals surface area contributed by atoms with Crippen LogP contribution in [0, 0.1) is 0 Å². The number of carbonyl (C=O) groups is 4. The second kappa shape index (κ2) is 46.8. The van der Waals surface area contributed by atoms with Crippen LogP contribution >= 0.6 is 0 Å². The van der Waals surface area contributed by atoms with E-state index in [2.05, 4.69) is 41.5 Å². The van der Waals surface area contributed by atoms with Gasteiger partial charge in [-0.05, 0) is 51.4 Å². The van der Waals surface area contributed by atoms with Crippen molar-refractivity contribution in [2.24, 2.45) is 0 Å². The molecule has 0 saturated heterocycles. The van der Waals surface area contributed by atoms with Gasteiger partial charge in [0.2, 0.25) is 0 Å². The van der Waals surface area contributed by atoms with Crippen molar-refractivity contribution in [3.8, 4) is 0 Å². The zero-order valence-electron chi connectivity index (χ0n) is 38.0. The van der Waals surface area contributed by atoms with E-state index in [1.54, 1.807) is 8.87 Å². The Labute approximate surface area is 361 Å². The Hall–Kier alpha value is -1.84. The first-order valence-corrected chi connectivity index (χ1v) is 27.6. The van der Waals surface area contributed by atoms with E-state index < -0.39 is 23.9 Å². The zero-order chi connectivity index (χ0) is 43.4. The average molecular weight is 914 g/mol. The number of hydrogen-bond acceptors (Lipinski definition) is 4. The average Bonchev–Trinajstić information content (AvgIpc) is 3.17. The molecule has 0 aromatic heterocycles. The Morgan fingerprint density at radius 1 is 0.281 bits per heavy atom. The molecule has 4 N–H and O–H groups in total. The van der Waals surface area contributed by atoms with Crippen LogP contribution in [0.3, 0.4) is 0 Å². The zero-order valence-corrected chi connectivity index (χ0v) is 40.8. The summed E-state index contributed by atoms with van der Waals surface area (Å²) in [6.07, 6.45) is 32.9. The summed E-state index contributed by atoms with van der Waals surface area (Å²) in [7, 11) is 0. The standard InChI is InChI=1S/2C20H36O4.2C4H9.Sn/c2*1-3-5-7-9-11-13-15-17(19(21)22)18(20(23)24)16-14-12-10-8-6-4-2;2*1-3-4-2;/h2*3-16H2,1-2H3,(H,21,22)(H,23,24);2*1,3-4H2,2H3;/b2*18-17-;;;. The van der Waals surface area contributed by atoms with Gasteiger partial charge in [0.15, 0.2) is 0 Å². The molecular weight excluding hydrogens is 823 g/mol. The first-order chi connectivity index (χ1) is 27.5. The number of unbranched alkanes of at least 4 members (excludes halogenated alkanes) is 22. The van der Waals surface area contributed by atoms with Gasteiger partial charge in [-0.15, -0.1) is 0 Å². The normalized spacial score (nSPS) is 11.8. The van der Waals surface area contributed by atoms with Gasteiger partial charge in [0.05, 0.1) is 0 Å². The molecule has 0 unspecified atom stereocenters. The minimum atomic E-state index is -1.06. The molecule has 0 spiro atoms. The topological polar surface area (TPSA) is 149 Å². The van der Waals surface area contributed by atoms with Gasteiger partial charge < -0.3 is 20.4 Å². The van der Waals surface area contributed by atoms with Gasteiger partial charge in [0, 0.05) is 22.3 Å². The Morgan fingerprint density at radius 3 is 0.632 bits per heavy atom. The molecule has 8 nitrogen and oxygen atoms in total. The Morgan fingerprint density at radius 2 is 0.456 bits per heavy atom. The second-order valence-electron chi connectivity index (χ2n) is 15.7. The van der Waals surface area contributed by atoms with Gasteiger partial charge in [-0.3, -0.25) is 0 Å². The van der Waals surface area contributed by atoms with Gasteiger partial charge in [-0.1, -0.05) is 156 Å². The first-order valence-electron chi connectivity index (χ1n) is 23.6. The molecule has 0 aliphatic carbocycles. The predicted octanol–water partition coefficient (Wildman–Crippen LogP) is 15.0. The number of carboxylic acid groups (broad SMARTS) is 4. The maximum atomic E-state index is 11.5. The van der Waals surface area contributed by atoms with Crippen molar-refractivity contribution in [1.29, 1.82) is 0 Å². The molecule has 0 fully saturated rings. The van der Waals surface area contributed by atoms with Crippen molar-refractivity contribution in [1.82, 2.24) is 0 Å². The van der Waals surface area contributed by atoms with E-state index in [0.717, 1.165) is 77.0 Å². The molecule has 0 saturated carbocycles. The van der Waals surface area contributed by atoms with Crippen LogP contribution in [0.5, 0.6) is 0 Å². The Balaban J connectivity index is -0.000000843. The number of rotatable bonds is 38. The molecule has 0 bridgehead atoms. The van der Waals surface area contributed by atoms with Crippen LogP contribution in [0.25, 0.3) is 0 Å². The van der Waals surface area contributed by atoms with Crippen LogP contribution < -0.4 is 0 Å². The van der Waals surface area contributed by atoms with E-state index in [9.17, 15) is 39.6 Å². The third-order valence-electron chi connectivity index (χ3n) is 10.3. The molecule has 0 amide bonds. The number of carboxylic acids is 4. The summed E-state index contributed by atoms with van der Waals surface area (Å²) in [4.78, 5) is 45.9. The fraction of sp³-hybridized carbons (Fsp3) is 0.833. The molecule has 0 atom stereocenters. The molecule has 0 heterocycles. The fourth-order valence-corrected chi connectivity index (χ4v) is 10.8. The van der Waals surface area contributed by atoms with Gasteiger partial charge in [0.25, 0.3) is 0 Å². The molecule has 0 rings (SSSR count). The molecule has 0 aromatic rings. The summed E-state index contributed by atoms with van der Waals surface area (Å²) in [6, 6.07) is 0. The maximum absolute atomic E-state index is 11.5. The monoisotopic (exact) mass is 915 g/mol. The van der Waals surface area contributed by atoms with E-state index >= 15 is 0 Å². The van der Waals surface area contributed by atoms with Crippen LogP contribution in [0.1, 0.15) is 247 Å². The van der Waals surface area contributed by atoms with Gasteiger partial charge in [-0.25, -0.2) is 19.2 Å². The molecule has 9 heteroatoms. The van der Waals surface area contributed by atoms with Crippen molar-refractivity contribution < 1.29 is 39.6 Å². The van der Waals surface area contributed by atoms with Gasteiger partial charge in [0.1, 0.15) is 0 Å². The molecule has 0 aliphatic rings. The van der Waals surface area contributed by atoms with E-state index in [1.807, 2.05) is 0 Å². The van der Waals surface area contributed by atoms with Crippen molar-refractivity contribution in [3.63, 3.8) is 0 Å². The summed E-state index contributed by atoms with van der Waals surface area (Å²) >= 11 is 0.149. The van der Waals surface area contributed by atoms with Gasteiger partial charge >= 0.3 is 93.4 Å². The van der Waals surface area contributed by atoms with Crippen molar-refractivity contribution in [2.75, 3.05) is 0 Å². The molecule has 2 radical (unpaired) electrons. The third-order valence-corrected chi connectivity index (χ3v) is 14.3. The van der Waals surface area contributed by atoms with E-state index in [4.69, 9.17) is 0 Å². The molecule has 0 aliphatic heterocycles. The van der Waals surface area contributed by atoms with E-state index in [0.29, 0.717) is 25.7 Å². The van der Waals surface area contributed by atoms with Crippen LogP contribution in [-0.2, 0) is 19.2 Å². The summed E-state index contributed by atoms with van der Waals surface area (Å²) in [5.74, 6) is -4.25. The van der Waals surface area contributed by atoms with E-state index in [1.165, 1.54) is 103 Å².